The third kappa shape index (κ3) is 5.00. The van der Waals surface area contributed by atoms with Crippen LogP contribution in [0.25, 0.3) is 0 Å². The lowest BCUT2D eigenvalue weighted by Crippen LogP contribution is -2.21. The van der Waals surface area contributed by atoms with Gasteiger partial charge in [-0.2, -0.15) is 0 Å². The second kappa shape index (κ2) is 9.21. The number of benzene rings is 1. The molecule has 0 spiro atoms. The van der Waals surface area contributed by atoms with Crippen LogP contribution in [-0.4, -0.2) is 42.5 Å². The fourth-order valence-electron chi connectivity index (χ4n) is 2.95. The van der Waals surface area contributed by atoms with Crippen molar-refractivity contribution in [3.63, 3.8) is 0 Å². The second-order valence-electron chi connectivity index (χ2n) is 6.49. The highest BCUT2D eigenvalue weighted by atomic mass is 16.6. The van der Waals surface area contributed by atoms with Crippen molar-refractivity contribution in [2.75, 3.05) is 19.8 Å². The first-order valence-corrected chi connectivity index (χ1v) is 8.99. The predicted octanol–water partition coefficient (Wildman–Crippen LogP) is 3.23. The lowest BCUT2D eigenvalue weighted by molar-refractivity contribution is -0.144. The third-order valence-electron chi connectivity index (χ3n) is 4.17. The van der Waals surface area contributed by atoms with Gasteiger partial charge in [0.2, 0.25) is 5.78 Å². The van der Waals surface area contributed by atoms with Gasteiger partial charge in [-0.25, -0.2) is 9.59 Å². The summed E-state index contributed by atoms with van der Waals surface area (Å²) in [6, 6.07) is 5.60. The number of nitrogens with one attached hydrogen (secondary N) is 1. The van der Waals surface area contributed by atoms with Gasteiger partial charge in [0.1, 0.15) is 5.75 Å². The summed E-state index contributed by atoms with van der Waals surface area (Å²) < 4.78 is 15.5. The predicted molar refractivity (Wildman–Crippen MR) is 103 cm³/mol. The Labute approximate surface area is 164 Å². The van der Waals surface area contributed by atoms with Gasteiger partial charge in [-0.05, 0) is 46.2 Å². The van der Waals surface area contributed by atoms with E-state index in [1.807, 2.05) is 26.0 Å². The minimum Gasteiger partial charge on any atom is -0.482 e. The average Bonchev–Trinajstić information content (AvgIpc) is 2.93. The number of aryl methyl sites for hydroxylation is 4. The van der Waals surface area contributed by atoms with E-state index in [0.29, 0.717) is 17.1 Å². The highest BCUT2D eigenvalue weighted by molar-refractivity contribution is 6.09. The molecule has 1 aromatic heterocycles. The fourth-order valence-corrected chi connectivity index (χ4v) is 2.95. The van der Waals surface area contributed by atoms with Crippen molar-refractivity contribution in [3.8, 4) is 5.75 Å². The molecular formula is C21H25NO6. The van der Waals surface area contributed by atoms with Crippen LogP contribution in [0.3, 0.4) is 0 Å². The molecule has 0 fully saturated rings. The highest BCUT2D eigenvalue weighted by Gasteiger charge is 2.26. The Morgan fingerprint density at radius 2 is 1.61 bits per heavy atom. The number of hydrogen-bond acceptors (Lipinski definition) is 6. The third-order valence-corrected chi connectivity index (χ3v) is 4.17. The molecular weight excluding hydrogens is 362 g/mol. The Morgan fingerprint density at radius 1 is 0.929 bits per heavy atom. The van der Waals surface area contributed by atoms with Crippen molar-refractivity contribution in [2.45, 2.75) is 34.6 Å². The molecule has 0 unspecified atom stereocenters. The molecule has 1 heterocycles. The quantitative estimate of drug-likeness (QED) is 0.552. The molecule has 0 radical (unpaired) electrons. The van der Waals surface area contributed by atoms with Gasteiger partial charge in [0.25, 0.3) is 0 Å². The molecule has 1 N–H and O–H groups in total. The van der Waals surface area contributed by atoms with Gasteiger partial charge in [0.05, 0.1) is 17.7 Å². The summed E-state index contributed by atoms with van der Waals surface area (Å²) in [7, 11) is 0. The minimum absolute atomic E-state index is 0.173. The van der Waals surface area contributed by atoms with Crippen LogP contribution in [0.1, 0.15) is 50.2 Å². The molecule has 28 heavy (non-hydrogen) atoms. The van der Waals surface area contributed by atoms with Gasteiger partial charge < -0.3 is 19.2 Å². The van der Waals surface area contributed by atoms with E-state index >= 15 is 0 Å². The Hall–Kier alpha value is -3.09. The average molecular weight is 387 g/mol. The van der Waals surface area contributed by atoms with E-state index in [1.165, 1.54) is 0 Å². The molecule has 0 saturated heterocycles. The van der Waals surface area contributed by atoms with E-state index in [0.717, 1.165) is 11.1 Å². The Morgan fingerprint density at radius 3 is 2.25 bits per heavy atom. The van der Waals surface area contributed by atoms with Crippen LogP contribution in [0.15, 0.2) is 18.2 Å². The van der Waals surface area contributed by atoms with Crippen LogP contribution in [-0.2, 0) is 14.3 Å². The minimum atomic E-state index is -0.670. The lowest BCUT2D eigenvalue weighted by Gasteiger charge is -2.10. The topological polar surface area (TPSA) is 94.7 Å². The molecule has 150 valence electrons. The number of carbonyl (C=O) groups is 3. The zero-order chi connectivity index (χ0) is 20.8. The first-order chi connectivity index (χ1) is 13.2. The Balaban J connectivity index is 1.98. The van der Waals surface area contributed by atoms with Crippen molar-refractivity contribution >= 4 is 17.7 Å². The van der Waals surface area contributed by atoms with E-state index in [-0.39, 0.29) is 24.3 Å². The molecule has 0 saturated carbocycles. The number of ketones is 1. The van der Waals surface area contributed by atoms with Gasteiger partial charge in [-0.1, -0.05) is 17.7 Å². The van der Waals surface area contributed by atoms with Gasteiger partial charge in [0.15, 0.2) is 13.2 Å². The van der Waals surface area contributed by atoms with Crippen molar-refractivity contribution in [1.82, 2.24) is 4.98 Å². The van der Waals surface area contributed by atoms with Crippen LogP contribution in [0.2, 0.25) is 0 Å². The molecule has 7 heteroatoms. The normalized spacial score (nSPS) is 10.5. The van der Waals surface area contributed by atoms with Gasteiger partial charge >= 0.3 is 11.9 Å². The summed E-state index contributed by atoms with van der Waals surface area (Å²) in [5, 5.41) is 0. The highest BCUT2D eigenvalue weighted by Crippen LogP contribution is 2.21. The maximum Gasteiger partial charge on any atom is 0.344 e. The Kier molecular flexibility index (Phi) is 6.98. The number of H-pyrrole nitrogens is 1. The molecule has 0 aliphatic heterocycles. The molecule has 0 aliphatic carbocycles. The summed E-state index contributed by atoms with van der Waals surface area (Å²) >= 11 is 0. The van der Waals surface area contributed by atoms with Gasteiger partial charge in [-0.15, -0.1) is 0 Å². The van der Waals surface area contributed by atoms with E-state index in [1.54, 1.807) is 26.8 Å². The zero-order valence-electron chi connectivity index (χ0n) is 16.8. The summed E-state index contributed by atoms with van der Waals surface area (Å²) in [4.78, 5) is 39.6. The van der Waals surface area contributed by atoms with E-state index in [9.17, 15) is 14.4 Å². The standard InChI is InChI=1S/C21H25NO6/c1-6-26-21(25)20-15(5)22-14(4)19(20)16(23)10-28-18(24)11-27-17-8-7-12(2)9-13(17)3/h7-9,22H,6,10-11H2,1-5H3. The summed E-state index contributed by atoms with van der Waals surface area (Å²) in [5.41, 5.74) is 3.40. The molecule has 0 aliphatic rings. The van der Waals surface area contributed by atoms with E-state index < -0.39 is 24.3 Å². The molecule has 2 rings (SSSR count). The van der Waals surface area contributed by atoms with Crippen LogP contribution >= 0.6 is 0 Å². The van der Waals surface area contributed by atoms with Gasteiger partial charge in [-0.3, -0.25) is 4.79 Å². The number of carbonyl (C=O) groups excluding carboxylic acids is 3. The fraction of sp³-hybridized carbons (Fsp3) is 0.381. The number of esters is 2. The second-order valence-corrected chi connectivity index (χ2v) is 6.49. The van der Waals surface area contributed by atoms with Crippen molar-refractivity contribution < 1.29 is 28.6 Å². The zero-order valence-corrected chi connectivity index (χ0v) is 16.8. The number of ether oxygens (including phenoxy) is 3. The summed E-state index contributed by atoms with van der Waals surface area (Å²) in [6.45, 7) is 8.28. The molecule has 1 aromatic carbocycles. The SMILES string of the molecule is CCOC(=O)c1c(C)[nH]c(C)c1C(=O)COC(=O)COc1ccc(C)cc1C. The molecule has 2 aromatic rings. The van der Waals surface area contributed by atoms with Gasteiger partial charge in [0, 0.05) is 11.4 Å². The molecule has 7 nitrogen and oxygen atoms in total. The summed E-state index contributed by atoms with van der Waals surface area (Å²) in [6.07, 6.45) is 0. The van der Waals surface area contributed by atoms with E-state index in [2.05, 4.69) is 4.98 Å². The number of hydrogen-bond donors (Lipinski definition) is 1. The molecule has 0 amide bonds. The van der Waals surface area contributed by atoms with E-state index in [4.69, 9.17) is 14.2 Å². The Bertz CT molecular complexity index is 897. The molecule has 0 atom stereocenters. The maximum absolute atomic E-state index is 12.5. The lowest BCUT2D eigenvalue weighted by atomic mass is 10.1. The largest absolute Gasteiger partial charge is 0.482 e. The van der Waals surface area contributed by atoms with Crippen molar-refractivity contribution in [1.29, 1.82) is 0 Å². The number of Topliss-reactive ketones (excluding diaryl/α,β-unsaturated/α-hetero) is 1. The maximum atomic E-state index is 12.5. The van der Waals surface area contributed by atoms with Crippen LogP contribution in [0.4, 0.5) is 0 Å². The van der Waals surface area contributed by atoms with Crippen molar-refractivity contribution in [3.05, 3.63) is 51.8 Å². The monoisotopic (exact) mass is 387 g/mol. The van der Waals surface area contributed by atoms with Crippen LogP contribution in [0, 0.1) is 27.7 Å². The summed E-state index contributed by atoms with van der Waals surface area (Å²) in [5.74, 6) is -1.16. The van der Waals surface area contributed by atoms with Crippen molar-refractivity contribution in [2.24, 2.45) is 0 Å². The first-order valence-electron chi connectivity index (χ1n) is 8.99. The number of aromatic nitrogens is 1. The van der Waals surface area contributed by atoms with Crippen LogP contribution < -0.4 is 4.74 Å². The molecule has 0 bridgehead atoms. The first kappa shape index (κ1) is 21.2. The number of aromatic amines is 1. The number of rotatable bonds is 8. The van der Waals surface area contributed by atoms with Crippen LogP contribution in [0.5, 0.6) is 5.75 Å². The smallest absolute Gasteiger partial charge is 0.344 e.